The summed E-state index contributed by atoms with van der Waals surface area (Å²) in [6, 6.07) is 0. The fourth-order valence-corrected chi connectivity index (χ4v) is 3.54. The molecule has 18 heavy (non-hydrogen) atoms. The van der Waals surface area contributed by atoms with Gasteiger partial charge in [0, 0.05) is 29.7 Å². The predicted molar refractivity (Wildman–Crippen MR) is 75.3 cm³/mol. The highest BCUT2D eigenvalue weighted by atomic mass is 32.2. The molecule has 0 aromatic carbocycles. The van der Waals surface area contributed by atoms with Gasteiger partial charge in [0.25, 0.3) is 0 Å². The average Bonchev–Trinajstić information content (AvgIpc) is 2.61. The van der Waals surface area contributed by atoms with Crippen LogP contribution in [0.15, 0.2) is 6.20 Å². The van der Waals surface area contributed by atoms with E-state index in [9.17, 15) is 8.42 Å². The third-order valence-corrected chi connectivity index (χ3v) is 4.30. The lowest BCUT2D eigenvalue weighted by molar-refractivity contribution is 0.421. The average molecular weight is 291 g/mol. The van der Waals surface area contributed by atoms with Crippen molar-refractivity contribution in [1.82, 2.24) is 15.0 Å². The fraction of sp³-hybridized carbons (Fsp3) is 0.727. The highest BCUT2D eigenvalue weighted by molar-refractivity contribution is 7.88. The Kier molecular flexibility index (Phi) is 5.27. The van der Waals surface area contributed by atoms with E-state index < -0.39 is 15.6 Å². The molecule has 0 aliphatic heterocycles. The molecule has 7 heteroatoms. The van der Waals surface area contributed by atoms with Gasteiger partial charge in [0.1, 0.15) is 0 Å². The van der Waals surface area contributed by atoms with Crippen LogP contribution in [0.2, 0.25) is 0 Å². The van der Waals surface area contributed by atoms with Gasteiger partial charge in [-0.1, -0.05) is 6.92 Å². The number of sulfonamides is 1. The predicted octanol–water partition coefficient (Wildman–Crippen LogP) is 1.12. The van der Waals surface area contributed by atoms with Crippen LogP contribution in [-0.2, 0) is 23.0 Å². The zero-order valence-corrected chi connectivity index (χ0v) is 12.9. The van der Waals surface area contributed by atoms with E-state index in [0.29, 0.717) is 13.1 Å². The number of thiazole rings is 1. The molecule has 0 aliphatic carbocycles. The van der Waals surface area contributed by atoms with E-state index in [1.165, 1.54) is 11.1 Å². The third kappa shape index (κ3) is 5.90. The van der Waals surface area contributed by atoms with Gasteiger partial charge in [0.05, 0.1) is 11.3 Å². The monoisotopic (exact) mass is 291 g/mol. The van der Waals surface area contributed by atoms with Crippen molar-refractivity contribution in [1.29, 1.82) is 0 Å². The quantitative estimate of drug-likeness (QED) is 0.790. The van der Waals surface area contributed by atoms with Crippen LogP contribution >= 0.6 is 11.3 Å². The Balaban J connectivity index is 2.41. The van der Waals surface area contributed by atoms with Crippen molar-refractivity contribution in [3.63, 3.8) is 0 Å². The second-order valence-corrected chi connectivity index (χ2v) is 7.88. The van der Waals surface area contributed by atoms with Gasteiger partial charge in [-0.05, 0) is 20.3 Å². The maximum absolute atomic E-state index is 11.2. The maximum Gasteiger partial charge on any atom is 0.209 e. The lowest BCUT2D eigenvalue weighted by Gasteiger charge is -2.25. The number of hydrogen-bond acceptors (Lipinski definition) is 5. The van der Waals surface area contributed by atoms with Crippen LogP contribution in [0.1, 0.15) is 30.7 Å². The van der Waals surface area contributed by atoms with Crippen LogP contribution in [0.4, 0.5) is 0 Å². The summed E-state index contributed by atoms with van der Waals surface area (Å²) in [6.45, 7) is 7.07. The van der Waals surface area contributed by atoms with E-state index in [1.54, 1.807) is 11.3 Å². The highest BCUT2D eigenvalue weighted by Gasteiger charge is 2.21. The van der Waals surface area contributed by atoms with Crippen molar-refractivity contribution in [2.24, 2.45) is 0 Å². The number of nitrogens with zero attached hydrogens (tertiary/aromatic N) is 1. The molecule has 0 fully saturated rings. The van der Waals surface area contributed by atoms with Crippen LogP contribution < -0.4 is 10.0 Å². The normalized spacial score (nSPS) is 12.9. The zero-order valence-electron chi connectivity index (χ0n) is 11.3. The molecule has 1 aromatic rings. The first kappa shape index (κ1) is 15.6. The van der Waals surface area contributed by atoms with Crippen molar-refractivity contribution >= 4 is 21.4 Å². The Hall–Kier alpha value is -0.500. The number of hydrogen-bond donors (Lipinski definition) is 2. The molecule has 2 N–H and O–H groups in total. The second-order valence-electron chi connectivity index (χ2n) is 4.94. The van der Waals surface area contributed by atoms with Crippen molar-refractivity contribution in [3.8, 4) is 0 Å². The van der Waals surface area contributed by atoms with Crippen LogP contribution in [-0.4, -0.2) is 31.7 Å². The molecule has 0 unspecified atom stereocenters. The summed E-state index contributed by atoms with van der Waals surface area (Å²) in [5.74, 6) is 0. The molecule has 0 aliphatic rings. The van der Waals surface area contributed by atoms with Crippen molar-refractivity contribution in [3.05, 3.63) is 16.1 Å². The van der Waals surface area contributed by atoms with Crippen LogP contribution in [0.3, 0.4) is 0 Å². The Morgan fingerprint density at radius 1 is 1.44 bits per heavy atom. The lowest BCUT2D eigenvalue weighted by atomic mass is 10.1. The summed E-state index contributed by atoms with van der Waals surface area (Å²) in [4.78, 5) is 5.44. The van der Waals surface area contributed by atoms with E-state index in [1.807, 2.05) is 20.0 Å². The minimum atomic E-state index is -3.18. The van der Waals surface area contributed by atoms with Gasteiger partial charge in [0.15, 0.2) is 0 Å². The molecule has 1 aromatic heterocycles. The van der Waals surface area contributed by atoms with Gasteiger partial charge >= 0.3 is 0 Å². The van der Waals surface area contributed by atoms with Gasteiger partial charge in [-0.2, -0.15) is 0 Å². The Bertz CT molecular complexity index is 480. The van der Waals surface area contributed by atoms with Gasteiger partial charge in [-0.25, -0.2) is 18.1 Å². The first-order valence-electron chi connectivity index (χ1n) is 5.85. The van der Waals surface area contributed by atoms with Gasteiger partial charge in [-0.3, -0.25) is 0 Å². The zero-order chi connectivity index (χ0) is 13.8. The van der Waals surface area contributed by atoms with Crippen LogP contribution in [0, 0.1) is 0 Å². The third-order valence-electron chi connectivity index (χ3n) is 2.23. The molecular formula is C11H21N3O2S2. The van der Waals surface area contributed by atoms with Gasteiger partial charge < -0.3 is 5.32 Å². The molecule has 1 rings (SSSR count). The SMILES string of the molecule is CCc1ncc(CNCC(C)(C)NS(C)(=O)=O)s1. The molecule has 0 saturated heterocycles. The molecule has 0 amide bonds. The van der Waals surface area contributed by atoms with E-state index in [0.717, 1.165) is 11.4 Å². The minimum Gasteiger partial charge on any atom is -0.310 e. The summed E-state index contributed by atoms with van der Waals surface area (Å²) >= 11 is 1.68. The van der Waals surface area contributed by atoms with E-state index in [-0.39, 0.29) is 0 Å². The Morgan fingerprint density at radius 3 is 2.61 bits per heavy atom. The molecule has 0 spiro atoms. The summed E-state index contributed by atoms with van der Waals surface area (Å²) in [6.07, 6.45) is 3.99. The molecule has 1 heterocycles. The summed E-state index contributed by atoms with van der Waals surface area (Å²) in [5.41, 5.74) is -0.494. The number of rotatable bonds is 7. The molecule has 5 nitrogen and oxygen atoms in total. The highest BCUT2D eigenvalue weighted by Crippen LogP contribution is 2.13. The summed E-state index contributed by atoms with van der Waals surface area (Å²) in [7, 11) is -3.18. The van der Waals surface area contributed by atoms with Crippen molar-refractivity contribution < 1.29 is 8.42 Å². The first-order valence-corrected chi connectivity index (χ1v) is 8.56. The lowest BCUT2D eigenvalue weighted by Crippen LogP contribution is -2.49. The van der Waals surface area contributed by atoms with E-state index in [4.69, 9.17) is 0 Å². The fourth-order valence-electron chi connectivity index (χ4n) is 1.63. The van der Waals surface area contributed by atoms with Gasteiger partial charge in [-0.15, -0.1) is 11.3 Å². The van der Waals surface area contributed by atoms with Gasteiger partial charge in [0.2, 0.25) is 10.0 Å². The molecule has 0 bridgehead atoms. The number of aryl methyl sites for hydroxylation is 1. The largest absolute Gasteiger partial charge is 0.310 e. The van der Waals surface area contributed by atoms with Crippen molar-refractivity contribution in [2.45, 2.75) is 39.3 Å². The van der Waals surface area contributed by atoms with Crippen LogP contribution in [0.25, 0.3) is 0 Å². The minimum absolute atomic E-state index is 0.494. The number of aromatic nitrogens is 1. The molecule has 0 radical (unpaired) electrons. The first-order chi connectivity index (χ1) is 8.22. The standard InChI is InChI=1S/C11H21N3O2S2/c1-5-10-13-7-9(17-10)6-12-8-11(2,3)14-18(4,15)16/h7,12,14H,5-6,8H2,1-4H3. The summed E-state index contributed by atoms with van der Waals surface area (Å²) in [5, 5.41) is 4.37. The molecular weight excluding hydrogens is 270 g/mol. The Labute approximate surface area is 113 Å². The summed E-state index contributed by atoms with van der Waals surface area (Å²) < 4.78 is 24.9. The number of nitrogens with one attached hydrogen (secondary N) is 2. The maximum atomic E-state index is 11.2. The molecule has 0 saturated carbocycles. The van der Waals surface area contributed by atoms with Crippen LogP contribution in [0.5, 0.6) is 0 Å². The topological polar surface area (TPSA) is 71.1 Å². The molecule has 0 atom stereocenters. The Morgan fingerprint density at radius 2 is 2.11 bits per heavy atom. The van der Waals surface area contributed by atoms with Crippen molar-refractivity contribution in [2.75, 3.05) is 12.8 Å². The van der Waals surface area contributed by atoms with E-state index >= 15 is 0 Å². The molecule has 104 valence electrons. The smallest absolute Gasteiger partial charge is 0.209 e. The van der Waals surface area contributed by atoms with E-state index in [2.05, 4.69) is 21.9 Å². The second kappa shape index (κ2) is 6.10.